The van der Waals surface area contributed by atoms with Crippen molar-refractivity contribution < 1.29 is 9.32 Å². The van der Waals surface area contributed by atoms with Crippen LogP contribution in [-0.4, -0.2) is 42.3 Å². The van der Waals surface area contributed by atoms with Gasteiger partial charge in [-0.15, -0.1) is 0 Å². The van der Waals surface area contributed by atoms with Crippen molar-refractivity contribution >= 4 is 5.91 Å². The topological polar surface area (TPSA) is 89.9 Å². The van der Waals surface area contributed by atoms with Crippen molar-refractivity contribution in [2.75, 3.05) is 6.54 Å². The van der Waals surface area contributed by atoms with E-state index in [2.05, 4.69) is 34.1 Å². The molecule has 1 amide bonds. The highest BCUT2D eigenvalue weighted by molar-refractivity contribution is 5.75. The fraction of sp³-hybridized carbons (Fsp3) is 0.643. The second-order valence-electron chi connectivity index (χ2n) is 5.52. The van der Waals surface area contributed by atoms with Gasteiger partial charge in [0.1, 0.15) is 12.7 Å². The molecule has 0 saturated carbocycles. The maximum Gasteiger partial charge on any atom is 0.226 e. The molecule has 0 aliphatic heterocycles. The van der Waals surface area contributed by atoms with E-state index in [-0.39, 0.29) is 5.91 Å². The zero-order chi connectivity index (χ0) is 15.9. The zero-order valence-corrected chi connectivity index (χ0v) is 13.3. The molecule has 0 bridgehead atoms. The van der Waals surface area contributed by atoms with Crippen LogP contribution in [0, 0.1) is 5.92 Å². The summed E-state index contributed by atoms with van der Waals surface area (Å²) in [5.41, 5.74) is 0. The number of nitrogens with zero attached hydrogens (tertiary/aromatic N) is 6. The molecular formula is C14H22N6O2. The van der Waals surface area contributed by atoms with Gasteiger partial charge in [0.05, 0.1) is 13.1 Å². The van der Waals surface area contributed by atoms with Crippen LogP contribution in [0.1, 0.15) is 38.9 Å². The van der Waals surface area contributed by atoms with Crippen LogP contribution in [0.15, 0.2) is 17.2 Å². The minimum absolute atomic E-state index is 0.0354. The molecule has 0 unspecified atom stereocenters. The third-order valence-electron chi connectivity index (χ3n) is 3.18. The number of aromatic nitrogens is 5. The molecule has 2 heterocycles. The molecule has 8 heteroatoms. The third kappa shape index (κ3) is 4.64. The molecule has 0 aliphatic carbocycles. The molecule has 2 rings (SSSR count). The first-order chi connectivity index (χ1) is 10.6. The van der Waals surface area contributed by atoms with Gasteiger partial charge in [-0.25, -0.2) is 4.98 Å². The van der Waals surface area contributed by atoms with Crippen LogP contribution in [0.3, 0.4) is 0 Å². The van der Waals surface area contributed by atoms with Crippen molar-refractivity contribution in [1.29, 1.82) is 0 Å². The normalized spacial score (nSPS) is 11.1. The first-order valence-corrected chi connectivity index (χ1v) is 7.50. The molecule has 0 saturated heterocycles. The van der Waals surface area contributed by atoms with Crippen LogP contribution in [-0.2, 0) is 24.3 Å². The largest absolute Gasteiger partial charge is 0.339 e. The number of carbonyl (C=O) groups is 1. The third-order valence-corrected chi connectivity index (χ3v) is 3.18. The lowest BCUT2D eigenvalue weighted by atomic mass is 10.1. The lowest BCUT2D eigenvalue weighted by Gasteiger charge is -2.18. The predicted octanol–water partition coefficient (Wildman–Crippen LogP) is 1.30. The summed E-state index contributed by atoms with van der Waals surface area (Å²) in [5.74, 6) is 1.66. The van der Waals surface area contributed by atoms with Crippen molar-refractivity contribution in [3.8, 4) is 0 Å². The van der Waals surface area contributed by atoms with Crippen molar-refractivity contribution in [1.82, 2.24) is 29.8 Å². The van der Waals surface area contributed by atoms with Crippen LogP contribution in [0.4, 0.5) is 0 Å². The van der Waals surface area contributed by atoms with Gasteiger partial charge in [0, 0.05) is 19.4 Å². The van der Waals surface area contributed by atoms with Crippen molar-refractivity contribution in [2.45, 2.75) is 46.7 Å². The Bertz CT molecular complexity index is 578. The predicted molar refractivity (Wildman–Crippen MR) is 78.6 cm³/mol. The maximum atomic E-state index is 12.2. The van der Waals surface area contributed by atoms with E-state index in [1.54, 1.807) is 15.9 Å². The highest BCUT2D eigenvalue weighted by Gasteiger charge is 2.16. The molecule has 0 N–H and O–H groups in total. The zero-order valence-electron chi connectivity index (χ0n) is 13.3. The standard InChI is InChI=1S/C14H22N6O2/c1-4-19(14(21)5-6-20-10-15-9-16-20)8-12-17-13(22-18-12)7-11(2)3/h9-11H,4-8H2,1-3H3. The highest BCUT2D eigenvalue weighted by atomic mass is 16.5. The van der Waals surface area contributed by atoms with Crippen LogP contribution in [0.5, 0.6) is 0 Å². The summed E-state index contributed by atoms with van der Waals surface area (Å²) in [4.78, 5) is 22.1. The van der Waals surface area contributed by atoms with E-state index in [0.717, 1.165) is 6.42 Å². The van der Waals surface area contributed by atoms with Gasteiger partial charge < -0.3 is 9.42 Å². The molecule has 120 valence electrons. The SMILES string of the molecule is CCN(Cc1noc(CC(C)C)n1)C(=O)CCn1cncn1. The summed E-state index contributed by atoms with van der Waals surface area (Å²) in [5, 5.41) is 7.93. The highest BCUT2D eigenvalue weighted by Crippen LogP contribution is 2.08. The molecule has 0 fully saturated rings. The van der Waals surface area contributed by atoms with Gasteiger partial charge in [0.2, 0.25) is 11.8 Å². The first-order valence-electron chi connectivity index (χ1n) is 7.50. The van der Waals surface area contributed by atoms with Crippen molar-refractivity contribution in [2.24, 2.45) is 5.92 Å². The van der Waals surface area contributed by atoms with Gasteiger partial charge in [-0.1, -0.05) is 19.0 Å². The number of hydrogen-bond donors (Lipinski definition) is 0. The minimum atomic E-state index is 0.0354. The Labute approximate surface area is 129 Å². The molecule has 0 aliphatic rings. The molecule has 2 aromatic rings. The van der Waals surface area contributed by atoms with Gasteiger partial charge in [-0.05, 0) is 12.8 Å². The molecule has 22 heavy (non-hydrogen) atoms. The average Bonchev–Trinajstić information content (AvgIpc) is 3.13. The Kier molecular flexibility index (Phi) is 5.62. The van der Waals surface area contributed by atoms with E-state index in [1.807, 2.05) is 6.92 Å². The molecule has 0 radical (unpaired) electrons. The summed E-state index contributed by atoms with van der Waals surface area (Å²) >= 11 is 0. The first kappa shape index (κ1) is 16.1. The second kappa shape index (κ2) is 7.67. The second-order valence-corrected chi connectivity index (χ2v) is 5.52. The number of amides is 1. The van der Waals surface area contributed by atoms with E-state index in [4.69, 9.17) is 4.52 Å². The monoisotopic (exact) mass is 306 g/mol. The summed E-state index contributed by atoms with van der Waals surface area (Å²) in [6.07, 6.45) is 4.17. The Hall–Kier alpha value is -2.25. The molecule has 2 aromatic heterocycles. The van der Waals surface area contributed by atoms with E-state index in [9.17, 15) is 4.79 Å². The van der Waals surface area contributed by atoms with E-state index in [0.29, 0.717) is 43.7 Å². The lowest BCUT2D eigenvalue weighted by molar-refractivity contribution is -0.132. The summed E-state index contributed by atoms with van der Waals surface area (Å²) in [7, 11) is 0. The average molecular weight is 306 g/mol. The maximum absolute atomic E-state index is 12.2. The summed E-state index contributed by atoms with van der Waals surface area (Å²) in [6, 6.07) is 0. The fourth-order valence-electron chi connectivity index (χ4n) is 2.05. The van der Waals surface area contributed by atoms with Gasteiger partial charge in [-0.2, -0.15) is 10.1 Å². The Balaban J connectivity index is 1.87. The van der Waals surface area contributed by atoms with Crippen LogP contribution >= 0.6 is 0 Å². The van der Waals surface area contributed by atoms with Gasteiger partial charge >= 0.3 is 0 Å². The number of carbonyl (C=O) groups excluding carboxylic acids is 1. The number of hydrogen-bond acceptors (Lipinski definition) is 6. The Morgan fingerprint density at radius 3 is 2.91 bits per heavy atom. The lowest BCUT2D eigenvalue weighted by Crippen LogP contribution is -2.31. The Morgan fingerprint density at radius 2 is 2.27 bits per heavy atom. The minimum Gasteiger partial charge on any atom is -0.339 e. The van der Waals surface area contributed by atoms with Gasteiger partial charge in [-0.3, -0.25) is 9.48 Å². The smallest absolute Gasteiger partial charge is 0.226 e. The van der Waals surface area contributed by atoms with Crippen LogP contribution < -0.4 is 0 Å². The Morgan fingerprint density at radius 1 is 1.45 bits per heavy atom. The van der Waals surface area contributed by atoms with Gasteiger partial charge in [0.25, 0.3) is 0 Å². The summed E-state index contributed by atoms with van der Waals surface area (Å²) in [6.45, 7) is 7.60. The molecule has 0 atom stereocenters. The van der Waals surface area contributed by atoms with E-state index < -0.39 is 0 Å². The fourth-order valence-corrected chi connectivity index (χ4v) is 2.05. The van der Waals surface area contributed by atoms with Crippen molar-refractivity contribution in [3.63, 3.8) is 0 Å². The molecule has 0 spiro atoms. The molecule has 0 aromatic carbocycles. The van der Waals surface area contributed by atoms with Crippen LogP contribution in [0.2, 0.25) is 0 Å². The van der Waals surface area contributed by atoms with Crippen LogP contribution in [0.25, 0.3) is 0 Å². The van der Waals surface area contributed by atoms with Crippen molar-refractivity contribution in [3.05, 3.63) is 24.4 Å². The molecular weight excluding hydrogens is 284 g/mol. The number of rotatable bonds is 8. The number of aryl methyl sites for hydroxylation is 1. The molecule has 8 nitrogen and oxygen atoms in total. The summed E-state index contributed by atoms with van der Waals surface area (Å²) < 4.78 is 6.84. The van der Waals surface area contributed by atoms with Gasteiger partial charge in [0.15, 0.2) is 5.82 Å². The van der Waals surface area contributed by atoms with E-state index >= 15 is 0 Å². The van der Waals surface area contributed by atoms with E-state index in [1.165, 1.54) is 6.33 Å². The quantitative estimate of drug-likeness (QED) is 0.730.